The Morgan fingerprint density at radius 3 is 2.68 bits per heavy atom. The van der Waals surface area contributed by atoms with Gasteiger partial charge in [-0.25, -0.2) is 0 Å². The summed E-state index contributed by atoms with van der Waals surface area (Å²) in [5, 5.41) is 0. The number of carbonyl (C=O) groups is 1. The summed E-state index contributed by atoms with van der Waals surface area (Å²) in [6.45, 7) is 6.89. The molecule has 1 amide bonds. The van der Waals surface area contributed by atoms with E-state index in [2.05, 4.69) is 48.2 Å². The summed E-state index contributed by atoms with van der Waals surface area (Å²) in [6, 6.07) is 12.8. The Hall–Kier alpha value is -1.65. The van der Waals surface area contributed by atoms with Crippen LogP contribution in [0.5, 0.6) is 0 Å². The highest BCUT2D eigenvalue weighted by Crippen LogP contribution is 2.32. The second-order valence-electron chi connectivity index (χ2n) is 7.46. The van der Waals surface area contributed by atoms with Crippen molar-refractivity contribution < 1.29 is 4.79 Å². The smallest absolute Gasteiger partial charge is 0.264 e. The fourth-order valence-corrected chi connectivity index (χ4v) is 5.09. The van der Waals surface area contributed by atoms with E-state index in [1.807, 2.05) is 4.90 Å². The maximum Gasteiger partial charge on any atom is 0.264 e. The number of piperazine rings is 1. The van der Waals surface area contributed by atoms with Gasteiger partial charge in [0, 0.05) is 37.6 Å². The number of thiophene rings is 1. The summed E-state index contributed by atoms with van der Waals surface area (Å²) < 4.78 is 0. The molecule has 0 bridgehead atoms. The largest absolute Gasteiger partial charge is 0.335 e. The molecule has 1 aliphatic heterocycles. The first kappa shape index (κ1) is 16.8. The van der Waals surface area contributed by atoms with Gasteiger partial charge in [-0.1, -0.05) is 37.3 Å². The van der Waals surface area contributed by atoms with Gasteiger partial charge < -0.3 is 4.90 Å². The molecule has 0 N–H and O–H groups in total. The Labute approximate surface area is 154 Å². The fraction of sp³-hybridized carbons (Fsp3) is 0.476. The van der Waals surface area contributed by atoms with Gasteiger partial charge >= 0.3 is 0 Å². The first-order chi connectivity index (χ1) is 12.2. The SMILES string of the molecule is CC1CCc2sc(C(=O)N3CCN(Cc4ccccc4)CC3)cc2C1. The molecular formula is C21H26N2OS. The lowest BCUT2D eigenvalue weighted by molar-refractivity contribution is 0.0633. The maximum atomic E-state index is 12.9. The van der Waals surface area contributed by atoms with Crippen LogP contribution in [0, 0.1) is 5.92 Å². The van der Waals surface area contributed by atoms with Crippen LogP contribution < -0.4 is 0 Å². The minimum atomic E-state index is 0.242. The van der Waals surface area contributed by atoms with E-state index in [-0.39, 0.29) is 5.91 Å². The van der Waals surface area contributed by atoms with Gasteiger partial charge in [-0.15, -0.1) is 11.3 Å². The van der Waals surface area contributed by atoms with Crippen LogP contribution in [0.1, 0.15) is 39.0 Å². The van der Waals surface area contributed by atoms with Crippen molar-refractivity contribution in [2.24, 2.45) is 5.92 Å². The molecule has 132 valence electrons. The minimum Gasteiger partial charge on any atom is -0.335 e. The van der Waals surface area contributed by atoms with Gasteiger partial charge in [0.05, 0.1) is 4.88 Å². The molecule has 2 heterocycles. The molecule has 2 aromatic rings. The van der Waals surface area contributed by atoms with Gasteiger partial charge in [-0.05, 0) is 42.4 Å². The maximum absolute atomic E-state index is 12.9. The van der Waals surface area contributed by atoms with Crippen molar-refractivity contribution in [3.63, 3.8) is 0 Å². The lowest BCUT2D eigenvalue weighted by Gasteiger charge is -2.34. The monoisotopic (exact) mass is 354 g/mol. The van der Waals surface area contributed by atoms with Crippen molar-refractivity contribution in [1.82, 2.24) is 9.80 Å². The molecule has 1 aliphatic carbocycles. The summed E-state index contributed by atoms with van der Waals surface area (Å²) in [4.78, 5) is 19.8. The molecule has 2 aliphatic rings. The van der Waals surface area contributed by atoms with Crippen molar-refractivity contribution in [2.45, 2.75) is 32.7 Å². The van der Waals surface area contributed by atoms with Crippen LogP contribution in [0.2, 0.25) is 0 Å². The highest BCUT2D eigenvalue weighted by atomic mass is 32.1. The van der Waals surface area contributed by atoms with Gasteiger partial charge in [0.1, 0.15) is 0 Å². The fourth-order valence-electron chi connectivity index (χ4n) is 3.92. The second-order valence-corrected chi connectivity index (χ2v) is 8.60. The predicted molar refractivity (Wildman–Crippen MR) is 103 cm³/mol. The number of aryl methyl sites for hydroxylation is 1. The molecule has 1 saturated heterocycles. The van der Waals surface area contributed by atoms with E-state index in [1.54, 1.807) is 11.3 Å². The Morgan fingerprint density at radius 1 is 1.16 bits per heavy atom. The summed E-state index contributed by atoms with van der Waals surface area (Å²) in [6.07, 6.45) is 3.56. The highest BCUT2D eigenvalue weighted by molar-refractivity contribution is 7.14. The quantitative estimate of drug-likeness (QED) is 0.836. The Balaban J connectivity index is 1.35. The number of hydrogen-bond donors (Lipinski definition) is 0. The van der Waals surface area contributed by atoms with E-state index in [0.29, 0.717) is 0 Å². The lowest BCUT2D eigenvalue weighted by Crippen LogP contribution is -2.48. The van der Waals surface area contributed by atoms with Gasteiger partial charge in [-0.3, -0.25) is 9.69 Å². The average Bonchev–Trinajstić information content (AvgIpc) is 3.06. The molecule has 4 rings (SSSR count). The van der Waals surface area contributed by atoms with Crippen LogP contribution in [0.3, 0.4) is 0 Å². The third kappa shape index (κ3) is 3.80. The van der Waals surface area contributed by atoms with Gasteiger partial charge in [0.2, 0.25) is 0 Å². The molecule has 0 radical (unpaired) electrons. The van der Waals surface area contributed by atoms with Crippen LogP contribution in [-0.4, -0.2) is 41.9 Å². The zero-order chi connectivity index (χ0) is 17.2. The van der Waals surface area contributed by atoms with Crippen molar-refractivity contribution in [1.29, 1.82) is 0 Å². The molecule has 25 heavy (non-hydrogen) atoms. The van der Waals surface area contributed by atoms with Gasteiger partial charge in [0.25, 0.3) is 5.91 Å². The van der Waals surface area contributed by atoms with Crippen LogP contribution in [0.4, 0.5) is 0 Å². The van der Waals surface area contributed by atoms with Crippen molar-refractivity contribution >= 4 is 17.2 Å². The first-order valence-corrected chi connectivity index (χ1v) is 10.2. The Kier molecular flexibility index (Phi) is 4.91. The van der Waals surface area contributed by atoms with E-state index in [9.17, 15) is 4.79 Å². The Morgan fingerprint density at radius 2 is 1.92 bits per heavy atom. The molecule has 0 spiro atoms. The zero-order valence-electron chi connectivity index (χ0n) is 14.9. The zero-order valence-corrected chi connectivity index (χ0v) is 15.7. The molecule has 3 nitrogen and oxygen atoms in total. The van der Waals surface area contributed by atoms with Crippen molar-refractivity contribution in [3.8, 4) is 0 Å². The van der Waals surface area contributed by atoms with E-state index in [1.165, 1.54) is 22.4 Å². The summed E-state index contributed by atoms with van der Waals surface area (Å²) in [7, 11) is 0. The lowest BCUT2D eigenvalue weighted by atomic mass is 9.90. The number of fused-ring (bicyclic) bond motifs is 1. The second kappa shape index (κ2) is 7.30. The normalized spacial score (nSPS) is 21.2. The third-order valence-electron chi connectivity index (χ3n) is 5.45. The highest BCUT2D eigenvalue weighted by Gasteiger charge is 2.26. The molecular weight excluding hydrogens is 328 g/mol. The van der Waals surface area contributed by atoms with Crippen LogP contribution in [0.25, 0.3) is 0 Å². The molecule has 1 aromatic carbocycles. The van der Waals surface area contributed by atoms with E-state index < -0.39 is 0 Å². The van der Waals surface area contributed by atoms with Gasteiger partial charge in [0.15, 0.2) is 0 Å². The van der Waals surface area contributed by atoms with E-state index >= 15 is 0 Å². The van der Waals surface area contributed by atoms with Gasteiger partial charge in [-0.2, -0.15) is 0 Å². The number of amides is 1. The number of hydrogen-bond acceptors (Lipinski definition) is 3. The van der Waals surface area contributed by atoms with Crippen LogP contribution in [0.15, 0.2) is 36.4 Å². The summed E-state index contributed by atoms with van der Waals surface area (Å²) >= 11 is 1.74. The van der Waals surface area contributed by atoms with E-state index in [0.717, 1.165) is 56.4 Å². The molecule has 1 unspecified atom stereocenters. The van der Waals surface area contributed by atoms with Crippen LogP contribution in [-0.2, 0) is 19.4 Å². The third-order valence-corrected chi connectivity index (χ3v) is 6.67. The number of benzene rings is 1. The first-order valence-electron chi connectivity index (χ1n) is 9.36. The molecule has 1 fully saturated rings. The summed E-state index contributed by atoms with van der Waals surface area (Å²) in [5.41, 5.74) is 2.78. The topological polar surface area (TPSA) is 23.6 Å². The molecule has 1 atom stereocenters. The predicted octanol–water partition coefficient (Wildman–Crippen LogP) is 3.83. The van der Waals surface area contributed by atoms with Crippen molar-refractivity contribution in [3.05, 3.63) is 57.3 Å². The number of rotatable bonds is 3. The van der Waals surface area contributed by atoms with Crippen molar-refractivity contribution in [2.75, 3.05) is 26.2 Å². The van der Waals surface area contributed by atoms with Crippen LogP contribution >= 0.6 is 11.3 Å². The standard InChI is InChI=1S/C21H26N2OS/c1-16-7-8-19-18(13-16)14-20(25-19)21(24)23-11-9-22(10-12-23)15-17-5-3-2-4-6-17/h2-6,14,16H,7-13,15H2,1H3. The number of carbonyl (C=O) groups excluding carboxylic acids is 1. The Bertz CT molecular complexity index is 732. The molecule has 1 aromatic heterocycles. The molecule has 0 saturated carbocycles. The van der Waals surface area contributed by atoms with E-state index in [4.69, 9.17) is 0 Å². The minimum absolute atomic E-state index is 0.242. The average molecular weight is 355 g/mol. The molecule has 4 heteroatoms. The number of nitrogens with zero attached hydrogens (tertiary/aromatic N) is 2. The summed E-state index contributed by atoms with van der Waals surface area (Å²) in [5.74, 6) is 0.998.